The Hall–Kier alpha value is -2.54. The zero-order valence-electron chi connectivity index (χ0n) is 11.8. The van der Waals surface area contributed by atoms with E-state index in [-0.39, 0.29) is 0 Å². The fourth-order valence-corrected chi connectivity index (χ4v) is 1.98. The monoisotopic (exact) mass is 266 g/mol. The first kappa shape index (κ1) is 13.9. The Morgan fingerprint density at radius 3 is 2.80 bits per heavy atom. The number of rotatable bonds is 5. The number of anilines is 2. The van der Waals surface area contributed by atoms with E-state index in [4.69, 9.17) is 5.26 Å². The molecule has 2 aromatic rings. The topological polar surface area (TPSA) is 52.0 Å². The molecule has 0 saturated carbocycles. The summed E-state index contributed by atoms with van der Waals surface area (Å²) in [5.41, 5.74) is 2.84. The van der Waals surface area contributed by atoms with Crippen molar-refractivity contribution in [3.05, 3.63) is 53.7 Å². The Morgan fingerprint density at radius 1 is 1.30 bits per heavy atom. The molecule has 0 atom stereocenters. The highest BCUT2D eigenvalue weighted by molar-refractivity contribution is 5.51. The van der Waals surface area contributed by atoms with E-state index in [0.717, 1.165) is 30.2 Å². The van der Waals surface area contributed by atoms with Crippen molar-refractivity contribution in [2.24, 2.45) is 0 Å². The third-order valence-corrected chi connectivity index (χ3v) is 3.02. The second-order valence-corrected chi connectivity index (χ2v) is 4.60. The fourth-order valence-electron chi connectivity index (χ4n) is 1.98. The zero-order valence-corrected chi connectivity index (χ0v) is 11.8. The highest BCUT2D eigenvalue weighted by Crippen LogP contribution is 2.17. The van der Waals surface area contributed by atoms with E-state index in [1.807, 2.05) is 50.5 Å². The molecule has 0 fully saturated rings. The SMILES string of the molecule is CCNc1ccc(CN(C)c2cccc(C#N)c2)cn1. The second-order valence-electron chi connectivity index (χ2n) is 4.60. The maximum absolute atomic E-state index is 8.93. The second kappa shape index (κ2) is 6.58. The average Bonchev–Trinajstić information content (AvgIpc) is 2.49. The van der Waals surface area contributed by atoms with Crippen molar-refractivity contribution in [2.75, 3.05) is 23.8 Å². The summed E-state index contributed by atoms with van der Waals surface area (Å²) < 4.78 is 0. The predicted molar refractivity (Wildman–Crippen MR) is 81.7 cm³/mol. The van der Waals surface area contributed by atoms with Crippen LogP contribution >= 0.6 is 0 Å². The molecule has 0 amide bonds. The van der Waals surface area contributed by atoms with Crippen LogP contribution in [-0.4, -0.2) is 18.6 Å². The summed E-state index contributed by atoms with van der Waals surface area (Å²) in [4.78, 5) is 6.46. The number of nitrogens with one attached hydrogen (secondary N) is 1. The average molecular weight is 266 g/mol. The minimum atomic E-state index is 0.676. The first-order chi connectivity index (χ1) is 9.72. The number of hydrogen-bond acceptors (Lipinski definition) is 4. The third kappa shape index (κ3) is 3.48. The van der Waals surface area contributed by atoms with E-state index < -0.39 is 0 Å². The van der Waals surface area contributed by atoms with E-state index >= 15 is 0 Å². The molecule has 1 aromatic carbocycles. The molecule has 0 unspecified atom stereocenters. The quantitative estimate of drug-likeness (QED) is 0.903. The smallest absolute Gasteiger partial charge is 0.125 e. The van der Waals surface area contributed by atoms with E-state index in [1.54, 1.807) is 0 Å². The Labute approximate surface area is 119 Å². The van der Waals surface area contributed by atoms with E-state index in [2.05, 4.69) is 27.3 Å². The fraction of sp³-hybridized carbons (Fsp3) is 0.250. The van der Waals surface area contributed by atoms with E-state index in [0.29, 0.717) is 5.56 Å². The molecule has 4 nitrogen and oxygen atoms in total. The van der Waals surface area contributed by atoms with Crippen LogP contribution in [0.15, 0.2) is 42.6 Å². The molecule has 0 aliphatic rings. The summed E-state index contributed by atoms with van der Waals surface area (Å²) in [6, 6.07) is 13.8. The minimum Gasteiger partial charge on any atom is -0.370 e. The summed E-state index contributed by atoms with van der Waals surface area (Å²) in [7, 11) is 2.01. The van der Waals surface area contributed by atoms with Gasteiger partial charge in [-0.2, -0.15) is 5.26 Å². The summed E-state index contributed by atoms with van der Waals surface area (Å²) in [5, 5.41) is 12.1. The maximum Gasteiger partial charge on any atom is 0.125 e. The van der Waals surface area contributed by atoms with Crippen molar-refractivity contribution in [1.29, 1.82) is 5.26 Å². The maximum atomic E-state index is 8.93. The number of hydrogen-bond donors (Lipinski definition) is 1. The minimum absolute atomic E-state index is 0.676. The van der Waals surface area contributed by atoms with Crippen LogP contribution in [0.2, 0.25) is 0 Å². The van der Waals surface area contributed by atoms with Crippen LogP contribution in [0.1, 0.15) is 18.1 Å². The summed E-state index contributed by atoms with van der Waals surface area (Å²) >= 11 is 0. The van der Waals surface area contributed by atoms with Crippen LogP contribution in [0.25, 0.3) is 0 Å². The number of pyridine rings is 1. The lowest BCUT2D eigenvalue weighted by molar-refractivity contribution is 0.914. The van der Waals surface area contributed by atoms with Crippen molar-refractivity contribution in [3.63, 3.8) is 0 Å². The molecule has 0 saturated heterocycles. The van der Waals surface area contributed by atoms with Gasteiger partial charge in [0.1, 0.15) is 5.82 Å². The van der Waals surface area contributed by atoms with Crippen LogP contribution in [0.5, 0.6) is 0 Å². The summed E-state index contributed by atoms with van der Waals surface area (Å²) in [5.74, 6) is 0.894. The Morgan fingerprint density at radius 2 is 2.15 bits per heavy atom. The van der Waals surface area contributed by atoms with Crippen molar-refractivity contribution < 1.29 is 0 Å². The van der Waals surface area contributed by atoms with Gasteiger partial charge in [0.25, 0.3) is 0 Å². The third-order valence-electron chi connectivity index (χ3n) is 3.02. The zero-order chi connectivity index (χ0) is 14.4. The molecular formula is C16H18N4. The van der Waals surface area contributed by atoms with Gasteiger partial charge in [0.05, 0.1) is 11.6 Å². The van der Waals surface area contributed by atoms with Gasteiger partial charge in [-0.1, -0.05) is 12.1 Å². The van der Waals surface area contributed by atoms with Crippen molar-refractivity contribution >= 4 is 11.5 Å². The van der Waals surface area contributed by atoms with Gasteiger partial charge in [-0.05, 0) is 36.8 Å². The molecule has 1 N–H and O–H groups in total. The molecule has 0 bridgehead atoms. The normalized spacial score (nSPS) is 9.85. The van der Waals surface area contributed by atoms with Crippen LogP contribution in [0.4, 0.5) is 11.5 Å². The van der Waals surface area contributed by atoms with Gasteiger partial charge in [0.15, 0.2) is 0 Å². The van der Waals surface area contributed by atoms with Gasteiger partial charge in [0.2, 0.25) is 0 Å². The molecule has 20 heavy (non-hydrogen) atoms. The number of nitriles is 1. The first-order valence-corrected chi connectivity index (χ1v) is 6.63. The molecule has 4 heteroatoms. The van der Waals surface area contributed by atoms with Crippen LogP contribution in [0, 0.1) is 11.3 Å². The molecule has 0 aliphatic carbocycles. The number of nitrogens with zero attached hydrogens (tertiary/aromatic N) is 3. The van der Waals surface area contributed by atoms with Crippen molar-refractivity contribution in [1.82, 2.24) is 4.98 Å². The highest BCUT2D eigenvalue weighted by atomic mass is 15.1. The van der Waals surface area contributed by atoms with E-state index in [1.165, 1.54) is 0 Å². The van der Waals surface area contributed by atoms with Gasteiger partial charge in [-0.25, -0.2) is 4.98 Å². The molecule has 102 valence electrons. The first-order valence-electron chi connectivity index (χ1n) is 6.63. The number of benzene rings is 1. The van der Waals surface area contributed by atoms with Crippen LogP contribution < -0.4 is 10.2 Å². The molecule has 1 aromatic heterocycles. The van der Waals surface area contributed by atoms with Gasteiger partial charge in [0, 0.05) is 32.0 Å². The lowest BCUT2D eigenvalue weighted by Crippen LogP contribution is -2.16. The molecule has 2 rings (SSSR count). The van der Waals surface area contributed by atoms with Crippen molar-refractivity contribution in [2.45, 2.75) is 13.5 Å². The lowest BCUT2D eigenvalue weighted by Gasteiger charge is -2.19. The van der Waals surface area contributed by atoms with Gasteiger partial charge in [-0.15, -0.1) is 0 Å². The summed E-state index contributed by atoms with van der Waals surface area (Å²) in [6.45, 7) is 3.67. The lowest BCUT2D eigenvalue weighted by atomic mass is 10.2. The van der Waals surface area contributed by atoms with Gasteiger partial charge < -0.3 is 10.2 Å². The van der Waals surface area contributed by atoms with Crippen molar-refractivity contribution in [3.8, 4) is 6.07 Å². The molecule has 0 spiro atoms. The standard InChI is InChI=1S/C16H18N4/c1-3-18-16-8-7-14(11-19-16)12-20(2)15-6-4-5-13(9-15)10-17/h4-9,11H,3,12H2,1-2H3,(H,18,19). The molecule has 1 heterocycles. The Kier molecular flexibility index (Phi) is 4.56. The summed E-state index contributed by atoms with van der Waals surface area (Å²) in [6.07, 6.45) is 1.88. The highest BCUT2D eigenvalue weighted by Gasteiger charge is 2.04. The largest absolute Gasteiger partial charge is 0.370 e. The Balaban J connectivity index is 2.07. The predicted octanol–water partition coefficient (Wildman–Crippen LogP) is 3.02. The van der Waals surface area contributed by atoms with Crippen LogP contribution in [-0.2, 0) is 6.54 Å². The molecular weight excluding hydrogens is 248 g/mol. The van der Waals surface area contributed by atoms with Gasteiger partial charge in [-0.3, -0.25) is 0 Å². The van der Waals surface area contributed by atoms with Crippen LogP contribution in [0.3, 0.4) is 0 Å². The van der Waals surface area contributed by atoms with E-state index in [9.17, 15) is 0 Å². The molecule has 0 aliphatic heterocycles. The van der Waals surface area contributed by atoms with Gasteiger partial charge >= 0.3 is 0 Å². The number of aromatic nitrogens is 1. The molecule has 0 radical (unpaired) electrons. The Bertz CT molecular complexity index is 599.